The van der Waals surface area contributed by atoms with Gasteiger partial charge in [0.25, 0.3) is 0 Å². The Morgan fingerprint density at radius 3 is 2.83 bits per heavy atom. The van der Waals surface area contributed by atoms with Crippen molar-refractivity contribution >= 4 is 17.5 Å². The molecule has 1 atom stereocenters. The first-order valence-electron chi connectivity index (χ1n) is 9.81. The number of benzene rings is 1. The summed E-state index contributed by atoms with van der Waals surface area (Å²) in [6, 6.07) is 6.28. The predicted octanol–water partition coefficient (Wildman–Crippen LogP) is 3.33. The number of rotatable bonds is 5. The number of nitrogens with one attached hydrogen (secondary N) is 1. The van der Waals surface area contributed by atoms with Crippen LogP contribution in [0, 0.1) is 12.8 Å². The molecule has 0 bridgehead atoms. The minimum Gasteiger partial charge on any atom is -0.494 e. The van der Waals surface area contributed by atoms with Crippen LogP contribution >= 0.6 is 0 Å². The van der Waals surface area contributed by atoms with Gasteiger partial charge in [0.2, 0.25) is 5.95 Å². The van der Waals surface area contributed by atoms with E-state index in [0.29, 0.717) is 24.5 Å². The van der Waals surface area contributed by atoms with Gasteiger partial charge in [0.1, 0.15) is 12.4 Å². The molecule has 5 rings (SSSR count). The monoisotopic (exact) mass is 392 g/mol. The molecule has 1 saturated carbocycles. The highest BCUT2D eigenvalue weighted by Crippen LogP contribution is 2.41. The molecule has 1 N–H and O–H groups in total. The van der Waals surface area contributed by atoms with E-state index in [9.17, 15) is 0 Å². The molecular formula is C21H24N6O2. The molecule has 0 spiro atoms. The average molecular weight is 392 g/mol. The Labute approximate surface area is 169 Å². The van der Waals surface area contributed by atoms with Crippen LogP contribution in [0.25, 0.3) is 5.69 Å². The average Bonchev–Trinajstić information content (AvgIpc) is 3.48. The van der Waals surface area contributed by atoms with Gasteiger partial charge in [0.05, 0.1) is 37.1 Å². The highest BCUT2D eigenvalue weighted by Gasteiger charge is 2.38. The van der Waals surface area contributed by atoms with E-state index in [2.05, 4.69) is 27.2 Å². The van der Waals surface area contributed by atoms with E-state index in [1.165, 1.54) is 12.8 Å². The molecule has 2 aromatic heterocycles. The third-order valence-corrected chi connectivity index (χ3v) is 5.57. The summed E-state index contributed by atoms with van der Waals surface area (Å²) in [6.45, 7) is 2.66. The molecule has 8 nitrogen and oxygen atoms in total. The largest absolute Gasteiger partial charge is 0.494 e. The summed E-state index contributed by atoms with van der Waals surface area (Å²) in [5.74, 6) is 3.55. The number of anilines is 3. The Hall–Kier alpha value is -3.29. The van der Waals surface area contributed by atoms with E-state index in [-0.39, 0.29) is 0 Å². The lowest BCUT2D eigenvalue weighted by Gasteiger charge is -2.34. The first-order valence-corrected chi connectivity index (χ1v) is 9.81. The molecule has 1 fully saturated rings. The van der Waals surface area contributed by atoms with Gasteiger partial charge in [-0.3, -0.25) is 0 Å². The number of ether oxygens (including phenoxy) is 2. The smallest absolute Gasteiger partial charge is 0.229 e. The Kier molecular flexibility index (Phi) is 4.26. The van der Waals surface area contributed by atoms with Gasteiger partial charge in [-0.2, -0.15) is 4.98 Å². The van der Waals surface area contributed by atoms with Crippen LogP contribution in [-0.2, 0) is 0 Å². The summed E-state index contributed by atoms with van der Waals surface area (Å²) in [7, 11) is 3.75. The Balaban J connectivity index is 1.40. The first-order chi connectivity index (χ1) is 14.1. The van der Waals surface area contributed by atoms with Crippen LogP contribution in [0.2, 0.25) is 0 Å². The lowest BCUT2D eigenvalue weighted by atomic mass is 10.1. The fourth-order valence-electron chi connectivity index (χ4n) is 3.80. The summed E-state index contributed by atoms with van der Waals surface area (Å²) in [4.78, 5) is 15.6. The van der Waals surface area contributed by atoms with Gasteiger partial charge in [0, 0.05) is 25.0 Å². The normalized spacial score (nSPS) is 18.2. The van der Waals surface area contributed by atoms with Crippen molar-refractivity contribution in [1.82, 2.24) is 19.5 Å². The van der Waals surface area contributed by atoms with Gasteiger partial charge in [-0.15, -0.1) is 0 Å². The molecular weight excluding hydrogens is 368 g/mol. The minimum atomic E-state index is 0.392. The van der Waals surface area contributed by atoms with Crippen molar-refractivity contribution in [2.24, 2.45) is 5.92 Å². The van der Waals surface area contributed by atoms with Crippen LogP contribution in [0.4, 0.5) is 17.5 Å². The van der Waals surface area contributed by atoms with Crippen molar-refractivity contribution in [2.45, 2.75) is 25.8 Å². The number of hydrogen-bond acceptors (Lipinski definition) is 7. The van der Waals surface area contributed by atoms with Gasteiger partial charge in [-0.05, 0) is 37.8 Å². The second kappa shape index (κ2) is 6.95. The summed E-state index contributed by atoms with van der Waals surface area (Å²) in [6.07, 6.45) is 8.02. The number of methoxy groups -OCH3 is 1. The SMILES string of the molecule is COc1cc(Nc2ncc3c(n2)N(C)C(C2CC2)CO3)ccc1-n1cnc(C)c1. The van der Waals surface area contributed by atoms with Gasteiger partial charge >= 0.3 is 0 Å². The maximum absolute atomic E-state index is 5.89. The molecule has 0 radical (unpaired) electrons. The molecule has 1 aromatic carbocycles. The molecule has 29 heavy (non-hydrogen) atoms. The van der Waals surface area contributed by atoms with E-state index in [4.69, 9.17) is 14.5 Å². The Morgan fingerprint density at radius 2 is 2.10 bits per heavy atom. The van der Waals surface area contributed by atoms with Crippen LogP contribution in [0.15, 0.2) is 36.9 Å². The molecule has 1 aliphatic heterocycles. The molecule has 1 aliphatic carbocycles. The summed E-state index contributed by atoms with van der Waals surface area (Å²) in [5, 5.41) is 3.28. The van der Waals surface area contributed by atoms with Crippen molar-refractivity contribution in [2.75, 3.05) is 31.0 Å². The molecule has 1 unspecified atom stereocenters. The third kappa shape index (κ3) is 3.35. The van der Waals surface area contributed by atoms with E-state index < -0.39 is 0 Å². The van der Waals surface area contributed by atoms with E-state index >= 15 is 0 Å². The summed E-state index contributed by atoms with van der Waals surface area (Å²) >= 11 is 0. The van der Waals surface area contributed by atoms with Crippen molar-refractivity contribution in [3.8, 4) is 17.2 Å². The number of fused-ring (bicyclic) bond motifs is 1. The number of nitrogens with zero attached hydrogens (tertiary/aromatic N) is 5. The quantitative estimate of drug-likeness (QED) is 0.714. The molecule has 3 aromatic rings. The van der Waals surface area contributed by atoms with Crippen LogP contribution in [0.5, 0.6) is 11.5 Å². The highest BCUT2D eigenvalue weighted by atomic mass is 16.5. The third-order valence-electron chi connectivity index (χ3n) is 5.57. The number of likely N-dealkylation sites (N-methyl/N-ethyl adjacent to an activating group) is 1. The number of aromatic nitrogens is 4. The van der Waals surface area contributed by atoms with E-state index in [0.717, 1.165) is 34.4 Å². The standard InChI is InChI=1S/C21H24N6O2/c1-13-10-27(12-23-13)16-7-6-15(8-18(16)28-3)24-21-22-9-19-20(25-21)26(2)17(11-29-19)14-4-5-14/h6-10,12,14,17H,4-5,11H2,1-3H3,(H,22,24,25). The fraction of sp³-hybridized carbons (Fsp3) is 0.381. The van der Waals surface area contributed by atoms with Crippen molar-refractivity contribution < 1.29 is 9.47 Å². The Morgan fingerprint density at radius 1 is 1.24 bits per heavy atom. The Bertz CT molecular complexity index is 1050. The molecule has 3 heterocycles. The van der Waals surface area contributed by atoms with Crippen molar-refractivity contribution in [3.05, 3.63) is 42.6 Å². The second-order valence-electron chi connectivity index (χ2n) is 7.64. The zero-order valence-electron chi connectivity index (χ0n) is 16.8. The van der Waals surface area contributed by atoms with E-state index in [1.54, 1.807) is 19.6 Å². The van der Waals surface area contributed by atoms with Crippen LogP contribution in [0.3, 0.4) is 0 Å². The lowest BCUT2D eigenvalue weighted by molar-refractivity contribution is 0.250. The number of hydrogen-bond donors (Lipinski definition) is 1. The number of imidazole rings is 1. The topological polar surface area (TPSA) is 77.3 Å². The maximum atomic E-state index is 5.89. The lowest BCUT2D eigenvalue weighted by Crippen LogP contribution is -2.42. The molecule has 0 amide bonds. The predicted molar refractivity (Wildman–Crippen MR) is 111 cm³/mol. The van der Waals surface area contributed by atoms with Crippen LogP contribution < -0.4 is 19.7 Å². The number of aryl methyl sites for hydroxylation is 1. The van der Waals surface area contributed by atoms with Crippen molar-refractivity contribution in [3.63, 3.8) is 0 Å². The second-order valence-corrected chi connectivity index (χ2v) is 7.64. The van der Waals surface area contributed by atoms with Gasteiger partial charge in [-0.1, -0.05) is 0 Å². The molecule has 2 aliphatic rings. The highest BCUT2D eigenvalue weighted by molar-refractivity contribution is 5.64. The maximum Gasteiger partial charge on any atom is 0.229 e. The van der Waals surface area contributed by atoms with Crippen LogP contribution in [-0.4, -0.2) is 46.3 Å². The zero-order chi connectivity index (χ0) is 20.0. The van der Waals surface area contributed by atoms with Crippen molar-refractivity contribution in [1.29, 1.82) is 0 Å². The molecule has 8 heteroatoms. The van der Waals surface area contributed by atoms with Gasteiger partial charge in [0.15, 0.2) is 11.6 Å². The van der Waals surface area contributed by atoms with Crippen LogP contribution in [0.1, 0.15) is 18.5 Å². The van der Waals surface area contributed by atoms with Gasteiger partial charge in [-0.25, -0.2) is 9.97 Å². The summed E-state index contributed by atoms with van der Waals surface area (Å²) < 4.78 is 13.4. The minimum absolute atomic E-state index is 0.392. The first kappa shape index (κ1) is 17.8. The zero-order valence-corrected chi connectivity index (χ0v) is 16.8. The molecule has 0 saturated heterocycles. The molecule has 150 valence electrons. The van der Waals surface area contributed by atoms with Gasteiger partial charge < -0.3 is 24.3 Å². The summed E-state index contributed by atoms with van der Waals surface area (Å²) in [5.41, 5.74) is 2.72. The van der Waals surface area contributed by atoms with E-state index in [1.807, 2.05) is 35.9 Å². The fourth-order valence-corrected chi connectivity index (χ4v) is 3.80.